The van der Waals surface area contributed by atoms with E-state index >= 15 is 0 Å². The molecule has 0 atom stereocenters. The summed E-state index contributed by atoms with van der Waals surface area (Å²) in [5.41, 5.74) is -1.92. The van der Waals surface area contributed by atoms with Crippen LogP contribution < -0.4 is 10.1 Å². The van der Waals surface area contributed by atoms with Gasteiger partial charge in [-0.2, -0.15) is 13.2 Å². The third-order valence-corrected chi connectivity index (χ3v) is 7.52. The maximum Gasteiger partial charge on any atom is 0.416 e. The van der Waals surface area contributed by atoms with Crippen LogP contribution in [0, 0.1) is 10.1 Å². The summed E-state index contributed by atoms with van der Waals surface area (Å²) in [4.78, 5) is 61.2. The Kier molecular flexibility index (Phi) is 9.66. The van der Waals surface area contributed by atoms with Gasteiger partial charge >= 0.3 is 17.8 Å². The number of carbonyl (C=O) groups excluding carboxylic acids is 4. The minimum Gasteiger partial charge on any atom is -0.465 e. The first-order chi connectivity index (χ1) is 20.7. The van der Waals surface area contributed by atoms with Crippen LogP contribution in [0.15, 0.2) is 64.0 Å². The van der Waals surface area contributed by atoms with Crippen LogP contribution in [0.5, 0.6) is 11.5 Å². The van der Waals surface area contributed by atoms with Crippen molar-refractivity contribution in [2.45, 2.75) is 6.18 Å². The number of anilines is 1. The van der Waals surface area contributed by atoms with Gasteiger partial charge < -0.3 is 14.8 Å². The van der Waals surface area contributed by atoms with Crippen molar-refractivity contribution in [1.82, 2.24) is 4.90 Å². The van der Waals surface area contributed by atoms with Gasteiger partial charge in [0.05, 0.1) is 33.1 Å². The fourth-order valence-corrected chi connectivity index (χ4v) is 5.16. The van der Waals surface area contributed by atoms with Crippen LogP contribution in [-0.4, -0.2) is 46.5 Å². The summed E-state index contributed by atoms with van der Waals surface area (Å²) in [6, 6.07) is 10.1. The molecule has 1 aliphatic heterocycles. The van der Waals surface area contributed by atoms with Gasteiger partial charge in [-0.3, -0.25) is 29.4 Å². The van der Waals surface area contributed by atoms with Gasteiger partial charge in [-0.15, -0.1) is 0 Å². The molecule has 0 bridgehead atoms. The number of alkyl halides is 3. The molecule has 1 fully saturated rings. The predicted molar refractivity (Wildman–Crippen MR) is 156 cm³/mol. The molecule has 0 unspecified atom stereocenters. The topological polar surface area (TPSA) is 145 Å². The van der Waals surface area contributed by atoms with Crippen molar-refractivity contribution in [2.75, 3.05) is 19.0 Å². The highest BCUT2D eigenvalue weighted by molar-refractivity contribution is 9.10. The quantitative estimate of drug-likeness (QED) is 0.110. The normalized spacial score (nSPS) is 14.1. The Bertz CT molecular complexity index is 1750. The number of esters is 1. The second-order valence-corrected chi connectivity index (χ2v) is 11.0. The number of hydrogen-bond acceptors (Lipinski definition) is 9. The number of nitrogens with one attached hydrogen (secondary N) is 1. The van der Waals surface area contributed by atoms with Gasteiger partial charge in [0.1, 0.15) is 12.3 Å². The number of benzene rings is 3. The average molecular weight is 715 g/mol. The molecule has 0 aromatic heterocycles. The fourth-order valence-electron chi connectivity index (χ4n) is 3.76. The number of nitrogens with zero attached hydrogens (tertiary/aromatic N) is 2. The molecular weight excluding hydrogens is 699 g/mol. The number of rotatable bonds is 8. The van der Waals surface area contributed by atoms with E-state index in [1.807, 2.05) is 0 Å². The SMILES string of the molecule is COC(=O)c1cc(NC(=O)CN2C(=O)S/C(=C/c3cc(Br)ccc3Oc3ccc(C(F)(F)F)cc3[N+](=O)[O-])C2=O)ccc1Cl. The van der Waals surface area contributed by atoms with E-state index in [0.717, 1.165) is 13.2 Å². The van der Waals surface area contributed by atoms with Gasteiger partial charge in [0.2, 0.25) is 11.7 Å². The third-order valence-electron chi connectivity index (χ3n) is 5.79. The summed E-state index contributed by atoms with van der Waals surface area (Å²) < 4.78 is 50.0. The lowest BCUT2D eigenvalue weighted by Gasteiger charge is -2.13. The Morgan fingerprint density at radius 1 is 1.11 bits per heavy atom. The van der Waals surface area contributed by atoms with Crippen LogP contribution in [0.3, 0.4) is 0 Å². The number of halogens is 5. The number of imide groups is 1. The molecule has 0 saturated carbocycles. The van der Waals surface area contributed by atoms with Crippen LogP contribution in [0.2, 0.25) is 5.02 Å². The van der Waals surface area contributed by atoms with E-state index in [-0.39, 0.29) is 32.5 Å². The van der Waals surface area contributed by atoms with E-state index < -0.39 is 57.7 Å². The molecular formula is C27H16BrClF3N3O8S. The zero-order chi connectivity index (χ0) is 32.3. The zero-order valence-corrected chi connectivity index (χ0v) is 25.1. The lowest BCUT2D eigenvalue weighted by atomic mass is 10.1. The maximum atomic E-state index is 13.1. The van der Waals surface area contributed by atoms with Gasteiger partial charge in [0, 0.05) is 21.8 Å². The molecule has 1 N–H and O–H groups in total. The highest BCUT2D eigenvalue weighted by atomic mass is 79.9. The van der Waals surface area contributed by atoms with E-state index in [4.69, 9.17) is 16.3 Å². The van der Waals surface area contributed by atoms with Crippen molar-refractivity contribution in [1.29, 1.82) is 0 Å². The van der Waals surface area contributed by atoms with Crippen LogP contribution in [-0.2, 0) is 20.5 Å². The lowest BCUT2D eigenvalue weighted by Crippen LogP contribution is -2.36. The summed E-state index contributed by atoms with van der Waals surface area (Å²) in [5.74, 6) is -2.93. The molecule has 44 heavy (non-hydrogen) atoms. The molecule has 3 aromatic rings. The number of thioether (sulfide) groups is 1. The van der Waals surface area contributed by atoms with Crippen molar-refractivity contribution >= 4 is 79.8 Å². The Morgan fingerprint density at radius 2 is 1.82 bits per heavy atom. The van der Waals surface area contributed by atoms with Gasteiger partial charge in [0.25, 0.3) is 11.1 Å². The number of hydrogen-bond donors (Lipinski definition) is 1. The highest BCUT2D eigenvalue weighted by Crippen LogP contribution is 2.40. The van der Waals surface area contributed by atoms with E-state index in [1.165, 1.54) is 42.5 Å². The highest BCUT2D eigenvalue weighted by Gasteiger charge is 2.37. The molecule has 0 spiro atoms. The van der Waals surface area contributed by atoms with Gasteiger partial charge in [-0.05, 0) is 66.4 Å². The van der Waals surface area contributed by atoms with Crippen molar-refractivity contribution < 1.29 is 46.7 Å². The first-order valence-electron chi connectivity index (χ1n) is 11.9. The van der Waals surface area contributed by atoms with Crippen LogP contribution in [0.25, 0.3) is 6.08 Å². The Hall–Kier alpha value is -4.41. The van der Waals surface area contributed by atoms with Crippen molar-refractivity contribution in [3.05, 3.63) is 95.8 Å². The monoisotopic (exact) mass is 713 g/mol. The number of amides is 3. The molecule has 0 radical (unpaired) electrons. The molecule has 11 nitrogen and oxygen atoms in total. The second-order valence-electron chi connectivity index (χ2n) is 8.72. The number of ether oxygens (including phenoxy) is 2. The Labute approximate surface area is 263 Å². The molecule has 1 aliphatic rings. The number of nitro groups is 1. The minimum atomic E-state index is -4.83. The minimum absolute atomic E-state index is 0.0188. The van der Waals surface area contributed by atoms with Crippen LogP contribution in [0.1, 0.15) is 21.5 Å². The molecule has 3 aromatic carbocycles. The lowest BCUT2D eigenvalue weighted by molar-refractivity contribution is -0.385. The zero-order valence-electron chi connectivity index (χ0n) is 21.9. The summed E-state index contributed by atoms with van der Waals surface area (Å²) in [7, 11) is 1.15. The number of carbonyl (C=O) groups is 4. The van der Waals surface area contributed by atoms with E-state index in [0.29, 0.717) is 33.3 Å². The average Bonchev–Trinajstić information content (AvgIpc) is 3.21. The molecule has 0 aliphatic carbocycles. The van der Waals surface area contributed by atoms with Gasteiger partial charge in [-0.25, -0.2) is 4.79 Å². The van der Waals surface area contributed by atoms with E-state index in [9.17, 15) is 42.5 Å². The first-order valence-corrected chi connectivity index (χ1v) is 13.9. The van der Waals surface area contributed by atoms with Gasteiger partial charge in [0.15, 0.2) is 0 Å². The third kappa shape index (κ3) is 7.38. The summed E-state index contributed by atoms with van der Waals surface area (Å²) in [5, 5.41) is 13.3. The van der Waals surface area contributed by atoms with Crippen LogP contribution in [0.4, 0.5) is 29.3 Å². The standard InChI is InChI=1S/C27H16BrClF3N3O8S/c1-42-25(38)17-11-16(4-5-18(17)29)33-23(36)12-34-24(37)22(44-26(34)39)9-13-8-15(28)3-7-20(13)43-21-6-2-14(27(30,31)32)10-19(21)35(40)41/h2-11H,12H2,1H3,(H,33,36)/b22-9+. The van der Waals surface area contributed by atoms with Crippen LogP contribution >= 0.6 is 39.3 Å². The van der Waals surface area contributed by atoms with Gasteiger partial charge in [-0.1, -0.05) is 27.5 Å². The summed E-state index contributed by atoms with van der Waals surface area (Å²) >= 11 is 9.73. The fraction of sp³-hybridized carbons (Fsp3) is 0.111. The summed E-state index contributed by atoms with van der Waals surface area (Å²) in [6.45, 7) is -0.683. The molecule has 228 valence electrons. The number of nitro benzene ring substituents is 1. The van der Waals surface area contributed by atoms with Crippen molar-refractivity contribution in [3.63, 3.8) is 0 Å². The Morgan fingerprint density at radius 3 is 2.48 bits per heavy atom. The molecule has 17 heteroatoms. The molecule has 1 heterocycles. The maximum absolute atomic E-state index is 13.1. The molecule has 3 amide bonds. The predicted octanol–water partition coefficient (Wildman–Crippen LogP) is 7.28. The van der Waals surface area contributed by atoms with Crippen molar-refractivity contribution in [2.24, 2.45) is 0 Å². The smallest absolute Gasteiger partial charge is 0.416 e. The van der Waals surface area contributed by atoms with Crippen molar-refractivity contribution in [3.8, 4) is 11.5 Å². The molecule has 4 rings (SSSR count). The van der Waals surface area contributed by atoms with E-state index in [2.05, 4.69) is 26.0 Å². The first kappa shape index (κ1) is 32.5. The van der Waals surface area contributed by atoms with E-state index in [1.54, 1.807) is 0 Å². The Balaban J connectivity index is 1.56. The summed E-state index contributed by atoms with van der Waals surface area (Å²) in [6.07, 6.45) is -3.59. The molecule has 1 saturated heterocycles. The second kappa shape index (κ2) is 13.1. The largest absolute Gasteiger partial charge is 0.465 e. The number of methoxy groups -OCH3 is 1.